The first-order valence-electron chi connectivity index (χ1n) is 3.60. The first-order valence-corrected chi connectivity index (χ1v) is 3.60. The van der Waals surface area contributed by atoms with Crippen molar-refractivity contribution in [3.05, 3.63) is 0 Å². The molecule has 1 aliphatic carbocycles. The van der Waals surface area contributed by atoms with E-state index in [0.717, 1.165) is 12.6 Å². The standard InChI is InChI=1S/C7H13NO/c1-9-5-7-2-3-8-6(7)4-7/h6,8H,2-5H2,1H3. The fourth-order valence-electron chi connectivity index (χ4n) is 1.93. The molecule has 0 aromatic carbocycles. The highest BCUT2D eigenvalue weighted by molar-refractivity contribution is 5.12. The van der Waals surface area contributed by atoms with E-state index in [-0.39, 0.29) is 0 Å². The van der Waals surface area contributed by atoms with Crippen LogP contribution in [0.2, 0.25) is 0 Å². The Labute approximate surface area is 55.6 Å². The van der Waals surface area contributed by atoms with Crippen LogP contribution >= 0.6 is 0 Å². The highest BCUT2D eigenvalue weighted by Crippen LogP contribution is 2.52. The smallest absolute Gasteiger partial charge is 0.0534 e. The zero-order valence-electron chi connectivity index (χ0n) is 5.81. The summed E-state index contributed by atoms with van der Waals surface area (Å²) in [6.45, 7) is 2.17. The average Bonchev–Trinajstić information content (AvgIpc) is 2.37. The van der Waals surface area contributed by atoms with Crippen molar-refractivity contribution in [3.8, 4) is 0 Å². The third kappa shape index (κ3) is 0.700. The highest BCUT2D eigenvalue weighted by Gasteiger charge is 2.56. The largest absolute Gasteiger partial charge is 0.384 e. The molecule has 1 saturated heterocycles. The maximum Gasteiger partial charge on any atom is 0.0534 e. The fourth-order valence-corrected chi connectivity index (χ4v) is 1.93. The summed E-state index contributed by atoms with van der Waals surface area (Å²) in [7, 11) is 1.79. The SMILES string of the molecule is COCC12CCNC1C2. The van der Waals surface area contributed by atoms with E-state index in [1.807, 2.05) is 0 Å². The zero-order valence-corrected chi connectivity index (χ0v) is 5.81. The maximum absolute atomic E-state index is 5.13. The molecule has 2 unspecified atom stereocenters. The summed E-state index contributed by atoms with van der Waals surface area (Å²) >= 11 is 0. The molecule has 0 aromatic heterocycles. The number of piperidine rings is 1. The first kappa shape index (κ1) is 5.69. The molecule has 2 rings (SSSR count). The van der Waals surface area contributed by atoms with E-state index < -0.39 is 0 Å². The number of rotatable bonds is 2. The first-order chi connectivity index (χ1) is 4.37. The average molecular weight is 127 g/mol. The number of hydrogen-bond acceptors (Lipinski definition) is 2. The molecule has 1 aliphatic heterocycles. The number of hydrogen-bond donors (Lipinski definition) is 1. The number of methoxy groups -OCH3 is 1. The van der Waals surface area contributed by atoms with Crippen LogP contribution in [-0.2, 0) is 4.74 Å². The summed E-state index contributed by atoms with van der Waals surface area (Å²) in [6.07, 6.45) is 2.67. The summed E-state index contributed by atoms with van der Waals surface area (Å²) in [6, 6.07) is 0.803. The van der Waals surface area contributed by atoms with Gasteiger partial charge in [-0.3, -0.25) is 0 Å². The number of ether oxygens (including phenoxy) is 1. The van der Waals surface area contributed by atoms with Crippen molar-refractivity contribution in [2.75, 3.05) is 20.3 Å². The van der Waals surface area contributed by atoms with Crippen LogP contribution in [0.15, 0.2) is 0 Å². The molecule has 2 nitrogen and oxygen atoms in total. The minimum atomic E-state index is 0.578. The Hall–Kier alpha value is -0.0800. The van der Waals surface area contributed by atoms with E-state index in [0.29, 0.717) is 5.41 Å². The van der Waals surface area contributed by atoms with E-state index >= 15 is 0 Å². The molecule has 1 heterocycles. The van der Waals surface area contributed by atoms with Gasteiger partial charge in [-0.25, -0.2) is 0 Å². The Kier molecular flexibility index (Phi) is 1.08. The van der Waals surface area contributed by atoms with Crippen LogP contribution in [0.25, 0.3) is 0 Å². The molecular formula is C7H13NO. The molecule has 0 radical (unpaired) electrons. The topological polar surface area (TPSA) is 21.3 Å². The summed E-state index contributed by atoms with van der Waals surface area (Å²) in [4.78, 5) is 0. The lowest BCUT2D eigenvalue weighted by atomic mass is 10.1. The zero-order chi connectivity index (χ0) is 6.32. The van der Waals surface area contributed by atoms with E-state index in [9.17, 15) is 0 Å². The maximum atomic E-state index is 5.13. The lowest BCUT2D eigenvalue weighted by molar-refractivity contribution is 0.142. The van der Waals surface area contributed by atoms with Gasteiger partial charge in [0.25, 0.3) is 0 Å². The van der Waals surface area contributed by atoms with Crippen LogP contribution in [0.3, 0.4) is 0 Å². The Bertz CT molecular complexity index is 126. The van der Waals surface area contributed by atoms with Gasteiger partial charge in [-0.15, -0.1) is 0 Å². The summed E-state index contributed by atoms with van der Waals surface area (Å²) in [5.41, 5.74) is 0.578. The molecule has 0 spiro atoms. The number of fused-ring (bicyclic) bond motifs is 1. The molecule has 9 heavy (non-hydrogen) atoms. The van der Waals surface area contributed by atoms with Crippen LogP contribution in [0.5, 0.6) is 0 Å². The summed E-state index contributed by atoms with van der Waals surface area (Å²) in [5, 5.41) is 3.44. The van der Waals surface area contributed by atoms with Gasteiger partial charge >= 0.3 is 0 Å². The van der Waals surface area contributed by atoms with Gasteiger partial charge in [0, 0.05) is 18.6 Å². The second-order valence-corrected chi connectivity index (χ2v) is 3.26. The third-order valence-electron chi connectivity index (χ3n) is 2.64. The van der Waals surface area contributed by atoms with E-state index in [4.69, 9.17) is 4.74 Å². The minimum absolute atomic E-state index is 0.578. The Balaban J connectivity index is 1.95. The van der Waals surface area contributed by atoms with Gasteiger partial charge < -0.3 is 10.1 Å². The normalized spacial score (nSPS) is 47.0. The van der Waals surface area contributed by atoms with Crippen LogP contribution in [-0.4, -0.2) is 26.3 Å². The monoisotopic (exact) mass is 127 g/mol. The van der Waals surface area contributed by atoms with Gasteiger partial charge in [0.2, 0.25) is 0 Å². The molecule has 0 bridgehead atoms. The molecule has 1 N–H and O–H groups in total. The molecule has 2 fully saturated rings. The van der Waals surface area contributed by atoms with Crippen molar-refractivity contribution >= 4 is 0 Å². The van der Waals surface area contributed by atoms with Crippen molar-refractivity contribution in [2.45, 2.75) is 18.9 Å². The fraction of sp³-hybridized carbons (Fsp3) is 1.00. The molecule has 0 amide bonds. The van der Waals surface area contributed by atoms with Gasteiger partial charge in [0.05, 0.1) is 6.61 Å². The van der Waals surface area contributed by atoms with Crippen molar-refractivity contribution in [2.24, 2.45) is 5.41 Å². The predicted octanol–water partition coefficient (Wildman–Crippen LogP) is 0.385. The van der Waals surface area contributed by atoms with Crippen molar-refractivity contribution in [3.63, 3.8) is 0 Å². The quantitative estimate of drug-likeness (QED) is 0.579. The third-order valence-corrected chi connectivity index (χ3v) is 2.64. The molecule has 2 aliphatic rings. The molecule has 52 valence electrons. The molecular weight excluding hydrogens is 114 g/mol. The Morgan fingerprint density at radius 2 is 2.67 bits per heavy atom. The number of nitrogens with one attached hydrogen (secondary N) is 1. The lowest BCUT2D eigenvalue weighted by Gasteiger charge is -2.06. The lowest BCUT2D eigenvalue weighted by Crippen LogP contribution is -2.12. The van der Waals surface area contributed by atoms with Crippen molar-refractivity contribution in [1.82, 2.24) is 5.32 Å². The minimum Gasteiger partial charge on any atom is -0.384 e. The Morgan fingerprint density at radius 1 is 1.78 bits per heavy atom. The summed E-state index contributed by atoms with van der Waals surface area (Å²) in [5.74, 6) is 0. The van der Waals surface area contributed by atoms with Crippen LogP contribution in [0, 0.1) is 5.41 Å². The Morgan fingerprint density at radius 3 is 3.11 bits per heavy atom. The van der Waals surface area contributed by atoms with Crippen LogP contribution in [0.1, 0.15) is 12.8 Å². The van der Waals surface area contributed by atoms with Gasteiger partial charge in [0.1, 0.15) is 0 Å². The molecule has 2 atom stereocenters. The second kappa shape index (κ2) is 1.70. The molecule has 2 heteroatoms. The van der Waals surface area contributed by atoms with Crippen LogP contribution in [0.4, 0.5) is 0 Å². The molecule has 1 saturated carbocycles. The predicted molar refractivity (Wildman–Crippen MR) is 35.3 cm³/mol. The van der Waals surface area contributed by atoms with E-state index in [1.165, 1.54) is 19.4 Å². The van der Waals surface area contributed by atoms with Gasteiger partial charge in [-0.05, 0) is 19.4 Å². The van der Waals surface area contributed by atoms with Gasteiger partial charge in [-0.2, -0.15) is 0 Å². The molecule has 0 aromatic rings. The second-order valence-electron chi connectivity index (χ2n) is 3.26. The highest BCUT2D eigenvalue weighted by atomic mass is 16.5. The van der Waals surface area contributed by atoms with Crippen LogP contribution < -0.4 is 5.32 Å². The van der Waals surface area contributed by atoms with Gasteiger partial charge in [-0.1, -0.05) is 0 Å². The summed E-state index contributed by atoms with van der Waals surface area (Å²) < 4.78 is 5.13. The van der Waals surface area contributed by atoms with Crippen molar-refractivity contribution in [1.29, 1.82) is 0 Å². The van der Waals surface area contributed by atoms with Crippen molar-refractivity contribution < 1.29 is 4.74 Å². The van der Waals surface area contributed by atoms with Gasteiger partial charge in [0.15, 0.2) is 0 Å². The van der Waals surface area contributed by atoms with E-state index in [2.05, 4.69) is 5.32 Å². The van der Waals surface area contributed by atoms with E-state index in [1.54, 1.807) is 7.11 Å².